The minimum Gasteiger partial charge on any atom is -0.298 e. The van der Waals surface area contributed by atoms with E-state index in [0.29, 0.717) is 12.0 Å². The Morgan fingerprint density at radius 2 is 2.44 bits per heavy atom. The maximum absolute atomic E-state index is 13.0. The molecular formula is C11H8FNO2S. The van der Waals surface area contributed by atoms with Crippen LogP contribution in [0.25, 0.3) is 0 Å². The van der Waals surface area contributed by atoms with Crippen LogP contribution in [-0.2, 0) is 4.79 Å². The molecule has 1 heterocycles. The van der Waals surface area contributed by atoms with Crippen LogP contribution in [0.5, 0.6) is 0 Å². The number of rotatable bonds is 2. The number of hydrogen-bond donors (Lipinski definition) is 0. The van der Waals surface area contributed by atoms with Gasteiger partial charge in [0.1, 0.15) is 0 Å². The molecule has 0 aromatic carbocycles. The van der Waals surface area contributed by atoms with Crippen LogP contribution < -0.4 is 0 Å². The van der Waals surface area contributed by atoms with E-state index in [1.807, 2.05) is 0 Å². The molecule has 82 valence electrons. The normalized spacial score (nSPS) is 9.12. The third-order valence-corrected chi connectivity index (χ3v) is 2.33. The number of hydrogen-bond acceptors (Lipinski definition) is 4. The number of thioether (sulfide) groups is 1. The first kappa shape index (κ1) is 12.4. The summed E-state index contributed by atoms with van der Waals surface area (Å²) >= 11 is 1.06. The largest absolute Gasteiger partial charge is 0.298 e. The molecule has 3 nitrogen and oxygen atoms in total. The average molecular weight is 237 g/mol. The number of carbonyl (C=O) groups excluding carboxylic acids is 2. The summed E-state index contributed by atoms with van der Waals surface area (Å²) in [6, 6.07) is 1.46. The van der Waals surface area contributed by atoms with E-state index in [4.69, 9.17) is 0 Å². The molecule has 0 atom stereocenters. The van der Waals surface area contributed by atoms with E-state index >= 15 is 0 Å². The van der Waals surface area contributed by atoms with E-state index in [0.717, 1.165) is 11.8 Å². The maximum atomic E-state index is 13.0. The Balaban J connectivity index is 2.84. The lowest BCUT2D eigenvalue weighted by Crippen LogP contribution is -1.95. The van der Waals surface area contributed by atoms with Crippen molar-refractivity contribution in [1.82, 2.24) is 4.98 Å². The molecule has 16 heavy (non-hydrogen) atoms. The second kappa shape index (κ2) is 6.03. The van der Waals surface area contributed by atoms with Gasteiger partial charge in [-0.2, -0.15) is 4.39 Å². The van der Waals surface area contributed by atoms with E-state index in [1.54, 1.807) is 0 Å². The number of nitrogens with zero attached hydrogens (tertiary/aromatic N) is 1. The SMILES string of the molecule is CC(=O)SCC#Cc1ccnc(F)c1C=O. The first-order chi connectivity index (χ1) is 7.65. The summed E-state index contributed by atoms with van der Waals surface area (Å²) in [4.78, 5) is 24.5. The molecule has 0 bridgehead atoms. The summed E-state index contributed by atoms with van der Waals surface area (Å²) in [5.74, 6) is 4.78. The van der Waals surface area contributed by atoms with E-state index in [2.05, 4.69) is 16.8 Å². The quantitative estimate of drug-likeness (QED) is 0.446. The van der Waals surface area contributed by atoms with Crippen molar-refractivity contribution in [1.29, 1.82) is 0 Å². The molecule has 0 spiro atoms. The minimum absolute atomic E-state index is 0.0363. The van der Waals surface area contributed by atoms with Crippen LogP contribution in [0, 0.1) is 17.8 Å². The summed E-state index contributed by atoms with van der Waals surface area (Å²) in [5, 5.41) is -0.0363. The van der Waals surface area contributed by atoms with E-state index in [1.165, 1.54) is 19.2 Å². The van der Waals surface area contributed by atoms with Crippen LogP contribution in [0.3, 0.4) is 0 Å². The molecule has 0 aliphatic rings. The third kappa shape index (κ3) is 3.48. The Hall–Kier alpha value is -1.67. The highest BCUT2D eigenvalue weighted by atomic mass is 32.2. The van der Waals surface area contributed by atoms with Crippen molar-refractivity contribution in [2.75, 3.05) is 5.75 Å². The summed E-state index contributed by atoms with van der Waals surface area (Å²) in [5.41, 5.74) is 0.134. The van der Waals surface area contributed by atoms with Crippen LogP contribution in [0.1, 0.15) is 22.8 Å². The van der Waals surface area contributed by atoms with Gasteiger partial charge in [-0.25, -0.2) is 4.98 Å². The van der Waals surface area contributed by atoms with Gasteiger partial charge in [0.15, 0.2) is 11.4 Å². The molecule has 0 aliphatic carbocycles. The monoisotopic (exact) mass is 237 g/mol. The zero-order valence-electron chi connectivity index (χ0n) is 8.49. The lowest BCUT2D eigenvalue weighted by atomic mass is 10.1. The Morgan fingerprint density at radius 3 is 3.06 bits per heavy atom. The first-order valence-corrected chi connectivity index (χ1v) is 5.35. The van der Waals surface area contributed by atoms with Crippen molar-refractivity contribution in [2.45, 2.75) is 6.92 Å². The summed E-state index contributed by atoms with van der Waals surface area (Å²) < 4.78 is 13.0. The molecule has 1 rings (SSSR count). The molecule has 1 aromatic rings. The number of carbonyl (C=O) groups is 2. The molecule has 0 N–H and O–H groups in total. The molecule has 0 saturated heterocycles. The van der Waals surface area contributed by atoms with Gasteiger partial charge < -0.3 is 0 Å². The van der Waals surface area contributed by atoms with Gasteiger partial charge in [0, 0.05) is 18.7 Å². The predicted molar refractivity (Wildman–Crippen MR) is 59.6 cm³/mol. The standard InChI is InChI=1S/C11H8FNO2S/c1-8(15)16-6-2-3-9-4-5-13-11(12)10(9)7-14/h4-5,7H,6H2,1H3. The topological polar surface area (TPSA) is 47.0 Å². The zero-order chi connectivity index (χ0) is 12.0. The van der Waals surface area contributed by atoms with Crippen molar-refractivity contribution in [3.8, 4) is 11.8 Å². The highest BCUT2D eigenvalue weighted by molar-refractivity contribution is 8.13. The molecule has 0 saturated carbocycles. The van der Waals surface area contributed by atoms with Gasteiger partial charge in [0.2, 0.25) is 5.95 Å². The lowest BCUT2D eigenvalue weighted by molar-refractivity contribution is -0.109. The predicted octanol–water partition coefficient (Wildman–Crippen LogP) is 1.66. The number of halogens is 1. The van der Waals surface area contributed by atoms with Crippen LogP contribution >= 0.6 is 11.8 Å². The fraction of sp³-hybridized carbons (Fsp3) is 0.182. The van der Waals surface area contributed by atoms with Gasteiger partial charge in [0.05, 0.1) is 11.3 Å². The van der Waals surface area contributed by atoms with Gasteiger partial charge in [-0.1, -0.05) is 23.6 Å². The number of pyridine rings is 1. The van der Waals surface area contributed by atoms with E-state index < -0.39 is 5.95 Å². The first-order valence-electron chi connectivity index (χ1n) is 4.37. The third-order valence-electron chi connectivity index (χ3n) is 1.63. The van der Waals surface area contributed by atoms with Crippen molar-refractivity contribution < 1.29 is 14.0 Å². The van der Waals surface area contributed by atoms with E-state index in [9.17, 15) is 14.0 Å². The van der Waals surface area contributed by atoms with Crippen LogP contribution in [0.2, 0.25) is 0 Å². The van der Waals surface area contributed by atoms with Crippen molar-refractivity contribution in [3.63, 3.8) is 0 Å². The van der Waals surface area contributed by atoms with Gasteiger partial charge in [-0.15, -0.1) is 0 Å². The van der Waals surface area contributed by atoms with Crippen molar-refractivity contribution in [3.05, 3.63) is 29.3 Å². The van der Waals surface area contributed by atoms with Crippen LogP contribution in [0.4, 0.5) is 4.39 Å². The molecule has 0 radical (unpaired) electrons. The molecule has 1 aromatic heterocycles. The Kier molecular flexibility index (Phi) is 4.67. The minimum atomic E-state index is -0.832. The number of aldehydes is 1. The fourth-order valence-electron chi connectivity index (χ4n) is 0.938. The Bertz CT molecular complexity index is 477. The van der Waals surface area contributed by atoms with Crippen LogP contribution in [0.15, 0.2) is 12.3 Å². The van der Waals surface area contributed by atoms with Crippen molar-refractivity contribution in [2.24, 2.45) is 0 Å². The second-order valence-electron chi connectivity index (χ2n) is 2.76. The average Bonchev–Trinajstić information content (AvgIpc) is 2.24. The highest BCUT2D eigenvalue weighted by Crippen LogP contribution is 2.07. The second-order valence-corrected chi connectivity index (χ2v) is 3.92. The Morgan fingerprint density at radius 1 is 1.69 bits per heavy atom. The maximum Gasteiger partial charge on any atom is 0.224 e. The molecule has 0 unspecified atom stereocenters. The molecule has 0 amide bonds. The Labute approximate surface area is 96.5 Å². The van der Waals surface area contributed by atoms with Gasteiger partial charge in [0.25, 0.3) is 0 Å². The molecule has 5 heteroatoms. The summed E-state index contributed by atoms with van der Waals surface area (Å²) in [7, 11) is 0. The smallest absolute Gasteiger partial charge is 0.224 e. The summed E-state index contributed by atoms with van der Waals surface area (Å²) in [6.07, 6.45) is 1.62. The van der Waals surface area contributed by atoms with E-state index in [-0.39, 0.29) is 16.2 Å². The van der Waals surface area contributed by atoms with Crippen LogP contribution in [-0.4, -0.2) is 22.1 Å². The summed E-state index contributed by atoms with van der Waals surface area (Å²) in [6.45, 7) is 1.44. The molecule has 0 aliphatic heterocycles. The zero-order valence-corrected chi connectivity index (χ0v) is 9.31. The fourth-order valence-corrected chi connectivity index (χ4v) is 1.29. The van der Waals surface area contributed by atoms with Gasteiger partial charge >= 0.3 is 0 Å². The van der Waals surface area contributed by atoms with Crippen molar-refractivity contribution >= 4 is 23.2 Å². The molecular weight excluding hydrogens is 229 g/mol. The van der Waals surface area contributed by atoms with Gasteiger partial charge in [-0.05, 0) is 6.07 Å². The lowest BCUT2D eigenvalue weighted by Gasteiger charge is -1.95. The highest BCUT2D eigenvalue weighted by Gasteiger charge is 2.05. The number of aromatic nitrogens is 1. The molecule has 0 fully saturated rings. The van der Waals surface area contributed by atoms with Gasteiger partial charge in [-0.3, -0.25) is 9.59 Å².